The molecule has 0 spiro atoms. The predicted octanol–water partition coefficient (Wildman–Crippen LogP) is 3.58. The minimum Gasteiger partial charge on any atom is -0.465 e. The van der Waals surface area contributed by atoms with Gasteiger partial charge in [0.1, 0.15) is 0 Å². The van der Waals surface area contributed by atoms with Crippen LogP contribution in [0.25, 0.3) is 0 Å². The highest BCUT2D eigenvalue weighted by atomic mass is 35.5. The zero-order chi connectivity index (χ0) is 15.1. The Labute approximate surface area is 129 Å². The van der Waals surface area contributed by atoms with Gasteiger partial charge in [-0.05, 0) is 30.2 Å². The number of nitrogens with one attached hydrogen (secondary N) is 1. The number of carbonyl (C=O) groups excluding carboxylic acids is 1. The molecule has 2 aromatic rings. The molecule has 21 heavy (non-hydrogen) atoms. The summed E-state index contributed by atoms with van der Waals surface area (Å²) in [7, 11) is 0. The molecule has 0 bridgehead atoms. The average molecular weight is 304 g/mol. The molecule has 0 aliphatic rings. The molecule has 2 aromatic carbocycles. The standard InChI is InChI=1S/C17H18ClNO2/c1-2-21-16(20)12-19-17(13-6-4-3-5-7-13)14-8-10-15(18)11-9-14/h3-11,17,19H,2,12H2,1H3/t17-/m1/s1. The maximum Gasteiger partial charge on any atom is 0.319 e. The molecule has 1 atom stereocenters. The lowest BCUT2D eigenvalue weighted by molar-refractivity contribution is -0.142. The predicted molar refractivity (Wildman–Crippen MR) is 84.4 cm³/mol. The van der Waals surface area contributed by atoms with Crippen LogP contribution >= 0.6 is 11.6 Å². The second kappa shape index (κ2) is 7.81. The lowest BCUT2D eigenvalue weighted by Crippen LogP contribution is -2.29. The number of esters is 1. The Morgan fingerprint density at radius 3 is 2.33 bits per heavy atom. The van der Waals surface area contributed by atoms with Gasteiger partial charge >= 0.3 is 5.97 Å². The fraction of sp³-hybridized carbons (Fsp3) is 0.235. The van der Waals surface area contributed by atoms with Crippen molar-refractivity contribution in [3.8, 4) is 0 Å². The van der Waals surface area contributed by atoms with Crippen molar-refractivity contribution in [3.63, 3.8) is 0 Å². The number of hydrogen-bond donors (Lipinski definition) is 1. The molecular formula is C17H18ClNO2. The van der Waals surface area contributed by atoms with Gasteiger partial charge in [-0.3, -0.25) is 10.1 Å². The topological polar surface area (TPSA) is 38.3 Å². The molecule has 0 amide bonds. The first kappa shape index (κ1) is 15.5. The minimum atomic E-state index is -0.257. The number of hydrogen-bond acceptors (Lipinski definition) is 3. The number of ether oxygens (including phenoxy) is 1. The summed E-state index contributed by atoms with van der Waals surface area (Å²) in [6.07, 6.45) is 0. The Morgan fingerprint density at radius 1 is 1.10 bits per heavy atom. The Kier molecular flexibility index (Phi) is 5.78. The van der Waals surface area contributed by atoms with Gasteiger partial charge < -0.3 is 4.74 Å². The molecule has 0 fully saturated rings. The summed E-state index contributed by atoms with van der Waals surface area (Å²) < 4.78 is 4.96. The molecule has 2 rings (SSSR count). The van der Waals surface area contributed by atoms with Gasteiger partial charge in [0, 0.05) is 5.02 Å². The van der Waals surface area contributed by atoms with Crippen LogP contribution in [0.5, 0.6) is 0 Å². The van der Waals surface area contributed by atoms with Crippen LogP contribution in [-0.4, -0.2) is 19.1 Å². The first-order chi connectivity index (χ1) is 10.2. The van der Waals surface area contributed by atoms with E-state index in [-0.39, 0.29) is 18.6 Å². The van der Waals surface area contributed by atoms with Crippen molar-refractivity contribution in [1.82, 2.24) is 5.32 Å². The number of rotatable bonds is 6. The Balaban J connectivity index is 2.18. The highest BCUT2D eigenvalue weighted by molar-refractivity contribution is 6.30. The van der Waals surface area contributed by atoms with Gasteiger partial charge in [0.25, 0.3) is 0 Å². The van der Waals surface area contributed by atoms with Gasteiger partial charge in [-0.15, -0.1) is 0 Å². The monoisotopic (exact) mass is 303 g/mol. The van der Waals surface area contributed by atoms with E-state index in [0.717, 1.165) is 11.1 Å². The summed E-state index contributed by atoms with van der Waals surface area (Å²) >= 11 is 5.94. The fourth-order valence-electron chi connectivity index (χ4n) is 2.13. The van der Waals surface area contributed by atoms with Crippen molar-refractivity contribution in [3.05, 3.63) is 70.7 Å². The van der Waals surface area contributed by atoms with Crippen molar-refractivity contribution >= 4 is 17.6 Å². The summed E-state index contributed by atoms with van der Waals surface area (Å²) in [6.45, 7) is 2.35. The number of carbonyl (C=O) groups is 1. The van der Waals surface area contributed by atoms with Crippen LogP contribution in [-0.2, 0) is 9.53 Å². The molecule has 0 heterocycles. The molecule has 0 aliphatic heterocycles. The minimum absolute atomic E-state index is 0.0760. The van der Waals surface area contributed by atoms with E-state index in [1.807, 2.05) is 54.6 Å². The van der Waals surface area contributed by atoms with E-state index >= 15 is 0 Å². The second-order valence-electron chi connectivity index (χ2n) is 4.58. The molecule has 0 saturated heterocycles. The van der Waals surface area contributed by atoms with Crippen molar-refractivity contribution < 1.29 is 9.53 Å². The third-order valence-corrected chi connectivity index (χ3v) is 3.34. The normalized spacial score (nSPS) is 11.9. The molecule has 3 nitrogen and oxygen atoms in total. The molecule has 0 unspecified atom stereocenters. The van der Waals surface area contributed by atoms with E-state index in [9.17, 15) is 4.79 Å². The summed E-state index contributed by atoms with van der Waals surface area (Å²) in [4.78, 5) is 11.6. The zero-order valence-corrected chi connectivity index (χ0v) is 12.6. The van der Waals surface area contributed by atoms with E-state index in [2.05, 4.69) is 5.32 Å². The van der Waals surface area contributed by atoms with Crippen LogP contribution in [0.4, 0.5) is 0 Å². The van der Waals surface area contributed by atoms with E-state index in [4.69, 9.17) is 16.3 Å². The number of benzene rings is 2. The first-order valence-corrected chi connectivity index (χ1v) is 7.28. The first-order valence-electron chi connectivity index (χ1n) is 6.90. The SMILES string of the molecule is CCOC(=O)CN[C@H](c1ccccc1)c1ccc(Cl)cc1. The molecule has 0 aliphatic carbocycles. The van der Waals surface area contributed by atoms with Crippen molar-refractivity contribution in [2.45, 2.75) is 13.0 Å². The van der Waals surface area contributed by atoms with Crippen LogP contribution in [0.15, 0.2) is 54.6 Å². The van der Waals surface area contributed by atoms with Crippen LogP contribution in [0.1, 0.15) is 24.1 Å². The zero-order valence-electron chi connectivity index (χ0n) is 11.9. The smallest absolute Gasteiger partial charge is 0.319 e. The molecule has 0 saturated carbocycles. The van der Waals surface area contributed by atoms with Crippen LogP contribution < -0.4 is 5.32 Å². The lowest BCUT2D eigenvalue weighted by atomic mass is 9.99. The molecular weight excluding hydrogens is 286 g/mol. The van der Waals surface area contributed by atoms with Gasteiger partial charge in [0.15, 0.2) is 0 Å². The van der Waals surface area contributed by atoms with Crippen LogP contribution in [0, 0.1) is 0 Å². The highest BCUT2D eigenvalue weighted by Crippen LogP contribution is 2.23. The average Bonchev–Trinajstić information content (AvgIpc) is 2.50. The van der Waals surface area contributed by atoms with Crippen molar-refractivity contribution in [2.24, 2.45) is 0 Å². The largest absolute Gasteiger partial charge is 0.465 e. The van der Waals surface area contributed by atoms with Gasteiger partial charge in [0.2, 0.25) is 0 Å². The van der Waals surface area contributed by atoms with Gasteiger partial charge in [-0.1, -0.05) is 54.1 Å². The van der Waals surface area contributed by atoms with E-state index < -0.39 is 0 Å². The highest BCUT2D eigenvalue weighted by Gasteiger charge is 2.15. The van der Waals surface area contributed by atoms with E-state index in [1.165, 1.54) is 0 Å². The summed E-state index contributed by atoms with van der Waals surface area (Å²) in [5.41, 5.74) is 2.14. The van der Waals surface area contributed by atoms with Gasteiger partial charge in [-0.25, -0.2) is 0 Å². The molecule has 110 valence electrons. The summed E-state index contributed by atoms with van der Waals surface area (Å²) in [6, 6.07) is 17.5. The summed E-state index contributed by atoms with van der Waals surface area (Å²) in [5.74, 6) is -0.257. The van der Waals surface area contributed by atoms with Gasteiger partial charge in [0.05, 0.1) is 19.2 Å². The Bertz CT molecular complexity index is 569. The maximum atomic E-state index is 11.6. The quantitative estimate of drug-likeness (QED) is 0.829. The van der Waals surface area contributed by atoms with Crippen LogP contribution in [0.3, 0.4) is 0 Å². The van der Waals surface area contributed by atoms with Crippen LogP contribution in [0.2, 0.25) is 5.02 Å². The number of halogens is 1. The molecule has 4 heteroatoms. The Morgan fingerprint density at radius 2 is 1.71 bits per heavy atom. The lowest BCUT2D eigenvalue weighted by Gasteiger charge is -2.19. The molecule has 0 radical (unpaired) electrons. The third kappa shape index (κ3) is 4.59. The third-order valence-electron chi connectivity index (χ3n) is 3.09. The molecule has 1 N–H and O–H groups in total. The second-order valence-corrected chi connectivity index (χ2v) is 5.02. The van der Waals surface area contributed by atoms with E-state index in [1.54, 1.807) is 6.92 Å². The van der Waals surface area contributed by atoms with Crippen molar-refractivity contribution in [2.75, 3.05) is 13.2 Å². The Hall–Kier alpha value is -1.84. The van der Waals surface area contributed by atoms with Crippen molar-refractivity contribution in [1.29, 1.82) is 0 Å². The maximum absolute atomic E-state index is 11.6. The molecule has 0 aromatic heterocycles. The fourth-order valence-corrected chi connectivity index (χ4v) is 2.25. The van der Waals surface area contributed by atoms with E-state index in [0.29, 0.717) is 11.6 Å². The van der Waals surface area contributed by atoms with Gasteiger partial charge in [-0.2, -0.15) is 0 Å². The summed E-state index contributed by atoms with van der Waals surface area (Å²) in [5, 5.41) is 3.93.